The van der Waals surface area contributed by atoms with Crippen molar-refractivity contribution in [3.05, 3.63) is 0 Å². The molecular weight excluding hydrogens is 224 g/mol. The minimum absolute atomic E-state index is 0.156. The number of azo groups is 1. The van der Waals surface area contributed by atoms with Gasteiger partial charge in [-0.2, -0.15) is 4.55 Å². The summed E-state index contributed by atoms with van der Waals surface area (Å²) in [6.45, 7) is 11.2. The van der Waals surface area contributed by atoms with E-state index >= 15 is 0 Å². The van der Waals surface area contributed by atoms with Gasteiger partial charge in [-0.3, -0.25) is 4.79 Å². The zero-order valence-corrected chi connectivity index (χ0v) is 11.5. The van der Waals surface area contributed by atoms with E-state index in [1.807, 2.05) is 41.5 Å². The van der Waals surface area contributed by atoms with Gasteiger partial charge >= 0.3 is 0 Å². The molecule has 1 aliphatic carbocycles. The predicted octanol–water partition coefficient (Wildman–Crippen LogP) is 2.61. The average molecular weight is 243 g/mol. The predicted molar refractivity (Wildman–Crippen MR) is 64.2 cm³/mol. The molecule has 0 aromatic carbocycles. The second-order valence-electron chi connectivity index (χ2n) is 6.15. The summed E-state index contributed by atoms with van der Waals surface area (Å²) >= 11 is -1.01. The second kappa shape index (κ2) is 2.70. The van der Waals surface area contributed by atoms with Gasteiger partial charge in [0.2, 0.25) is 11.2 Å². The van der Waals surface area contributed by atoms with E-state index in [0.717, 1.165) is 0 Å². The Morgan fingerprint density at radius 2 is 1.44 bits per heavy atom. The molecule has 0 radical (unpaired) electrons. The highest BCUT2D eigenvalue weighted by Gasteiger charge is 2.87. The van der Waals surface area contributed by atoms with Gasteiger partial charge in [-0.15, -0.1) is 10.2 Å². The molecule has 4 nitrogen and oxygen atoms in total. The Morgan fingerprint density at radius 1 is 1.00 bits per heavy atom. The first kappa shape index (κ1) is 12.0. The van der Waals surface area contributed by atoms with Crippen molar-refractivity contribution in [2.75, 3.05) is 0 Å². The smallest absolute Gasteiger partial charge is 0.294 e. The Hall–Kier alpha value is -0.420. The standard InChI is InChI=1S/C11H19N2O2S/c1-8(2)7(14)9(3,4)11(8)13-12-10(5,6)16(11)15/h15H,1-6H3/q+1. The van der Waals surface area contributed by atoms with Crippen LogP contribution in [0.4, 0.5) is 0 Å². The molecular formula is C11H19N2O2S+. The number of hydrogen-bond acceptors (Lipinski definition) is 4. The first-order valence-corrected chi connectivity index (χ1v) is 6.62. The van der Waals surface area contributed by atoms with Crippen molar-refractivity contribution < 1.29 is 9.35 Å². The fourth-order valence-electron chi connectivity index (χ4n) is 3.17. The Kier molecular flexibility index (Phi) is 2.03. The fraction of sp³-hybridized carbons (Fsp3) is 0.909. The van der Waals surface area contributed by atoms with Crippen LogP contribution in [0, 0.1) is 10.8 Å². The molecule has 0 amide bonds. The van der Waals surface area contributed by atoms with Crippen molar-refractivity contribution in [2.24, 2.45) is 21.1 Å². The molecule has 1 spiro atoms. The normalized spacial score (nSPS) is 36.4. The summed E-state index contributed by atoms with van der Waals surface area (Å²) in [4.78, 5) is 10.8. The van der Waals surface area contributed by atoms with Crippen LogP contribution in [0.25, 0.3) is 0 Å². The molecule has 1 N–H and O–H groups in total. The van der Waals surface area contributed by atoms with Crippen LogP contribution in [0.3, 0.4) is 0 Å². The molecule has 1 saturated carbocycles. The van der Waals surface area contributed by atoms with Crippen LogP contribution in [-0.2, 0) is 16.0 Å². The lowest BCUT2D eigenvalue weighted by Gasteiger charge is -2.55. The summed E-state index contributed by atoms with van der Waals surface area (Å²) in [6, 6.07) is 0. The lowest BCUT2D eigenvalue weighted by atomic mass is 9.50. The van der Waals surface area contributed by atoms with Gasteiger partial charge in [0.1, 0.15) is 10.8 Å². The average Bonchev–Trinajstić information content (AvgIpc) is 2.39. The molecule has 0 bridgehead atoms. The summed E-state index contributed by atoms with van der Waals surface area (Å²) in [5.41, 5.74) is -1.24. The highest BCUT2D eigenvalue weighted by Crippen LogP contribution is 2.67. The van der Waals surface area contributed by atoms with Crippen LogP contribution >= 0.6 is 0 Å². The number of carbonyl (C=O) groups excluding carboxylic acids is 1. The molecule has 1 atom stereocenters. The topological polar surface area (TPSA) is 62.0 Å². The summed E-state index contributed by atoms with van der Waals surface area (Å²) in [5, 5.41) is 8.51. The molecule has 1 heterocycles. The van der Waals surface area contributed by atoms with E-state index in [9.17, 15) is 9.35 Å². The van der Waals surface area contributed by atoms with E-state index in [0.29, 0.717) is 0 Å². The third-order valence-electron chi connectivity index (χ3n) is 4.01. The van der Waals surface area contributed by atoms with Crippen LogP contribution < -0.4 is 0 Å². The van der Waals surface area contributed by atoms with E-state index < -0.39 is 31.7 Å². The van der Waals surface area contributed by atoms with Gasteiger partial charge in [-0.1, -0.05) is 0 Å². The van der Waals surface area contributed by atoms with Crippen LogP contribution in [0.5, 0.6) is 0 Å². The summed E-state index contributed by atoms with van der Waals surface area (Å²) in [6.07, 6.45) is 0. The van der Waals surface area contributed by atoms with Gasteiger partial charge < -0.3 is 0 Å². The minimum Gasteiger partial charge on any atom is -0.298 e. The van der Waals surface area contributed by atoms with Crippen LogP contribution in [0.1, 0.15) is 41.5 Å². The number of nitrogens with zero attached hydrogens (tertiary/aromatic N) is 2. The quantitative estimate of drug-likeness (QED) is 0.665. The number of Topliss-reactive ketones (excluding diaryl/α,β-unsaturated/α-hetero) is 1. The maximum atomic E-state index is 12.1. The van der Waals surface area contributed by atoms with Gasteiger partial charge in [0, 0.05) is 13.8 Å². The van der Waals surface area contributed by atoms with E-state index in [1.165, 1.54) is 0 Å². The van der Waals surface area contributed by atoms with E-state index in [4.69, 9.17) is 0 Å². The van der Waals surface area contributed by atoms with Crippen molar-refractivity contribution in [2.45, 2.75) is 51.3 Å². The van der Waals surface area contributed by atoms with Crippen molar-refractivity contribution in [1.29, 1.82) is 0 Å². The molecule has 90 valence electrons. The largest absolute Gasteiger partial charge is 0.298 e. The molecule has 0 aromatic heterocycles. The zero-order valence-electron chi connectivity index (χ0n) is 10.7. The molecule has 0 aromatic rings. The molecule has 1 fully saturated rings. The van der Waals surface area contributed by atoms with E-state index in [2.05, 4.69) is 10.2 Å². The number of hydrogen-bond donors (Lipinski definition) is 1. The zero-order chi connectivity index (χ0) is 12.6. The molecule has 0 saturated heterocycles. The summed E-state index contributed by atoms with van der Waals surface area (Å²) in [7, 11) is 0. The monoisotopic (exact) mass is 243 g/mol. The van der Waals surface area contributed by atoms with Crippen molar-refractivity contribution in [3.8, 4) is 0 Å². The lowest BCUT2D eigenvalue weighted by Crippen LogP contribution is -2.76. The molecule has 2 rings (SSSR count). The molecule has 5 heteroatoms. The molecule has 1 unspecified atom stereocenters. The van der Waals surface area contributed by atoms with Crippen LogP contribution in [0.15, 0.2) is 10.2 Å². The Morgan fingerprint density at radius 3 is 1.75 bits per heavy atom. The third kappa shape index (κ3) is 0.911. The minimum atomic E-state index is -1.01. The molecule has 16 heavy (non-hydrogen) atoms. The maximum absolute atomic E-state index is 12.1. The van der Waals surface area contributed by atoms with Crippen molar-refractivity contribution in [1.82, 2.24) is 0 Å². The summed E-state index contributed by atoms with van der Waals surface area (Å²) < 4.78 is 10.5. The molecule has 1 aliphatic heterocycles. The van der Waals surface area contributed by atoms with Gasteiger partial charge in [0.05, 0.1) is 0 Å². The fourth-order valence-corrected chi connectivity index (χ4v) is 5.28. The number of carbonyl (C=O) groups is 1. The van der Waals surface area contributed by atoms with Gasteiger partial charge in [0.15, 0.2) is 5.78 Å². The first-order valence-electron chi connectivity index (χ1n) is 5.44. The van der Waals surface area contributed by atoms with E-state index in [1.54, 1.807) is 0 Å². The lowest BCUT2D eigenvalue weighted by molar-refractivity contribution is -0.160. The van der Waals surface area contributed by atoms with Gasteiger partial charge in [0.25, 0.3) is 9.74 Å². The highest BCUT2D eigenvalue weighted by atomic mass is 32.2. The van der Waals surface area contributed by atoms with E-state index in [-0.39, 0.29) is 5.78 Å². The van der Waals surface area contributed by atoms with Crippen molar-refractivity contribution >= 4 is 17.0 Å². The van der Waals surface area contributed by atoms with Crippen molar-refractivity contribution in [3.63, 3.8) is 0 Å². The number of rotatable bonds is 0. The SMILES string of the molecule is CC1(C)N=NC2([S+]1O)C(C)(C)C(=O)C2(C)C. The Labute approximate surface area is 99.1 Å². The molecule has 2 aliphatic rings. The second-order valence-corrected chi connectivity index (χ2v) is 8.31. The van der Waals surface area contributed by atoms with Crippen LogP contribution in [-0.4, -0.2) is 20.1 Å². The van der Waals surface area contributed by atoms with Crippen LogP contribution in [0.2, 0.25) is 0 Å². The Balaban J connectivity index is 2.57. The highest BCUT2D eigenvalue weighted by molar-refractivity contribution is 7.94. The maximum Gasteiger partial charge on any atom is 0.294 e. The Bertz CT molecular complexity index is 381. The summed E-state index contributed by atoms with van der Waals surface area (Å²) in [5.74, 6) is 0.156. The third-order valence-corrected chi connectivity index (χ3v) is 6.70. The van der Waals surface area contributed by atoms with Gasteiger partial charge in [-0.25, -0.2) is 0 Å². The first-order chi connectivity index (χ1) is 7.02. The van der Waals surface area contributed by atoms with Gasteiger partial charge in [-0.05, 0) is 27.7 Å². The number of ketones is 1.